The van der Waals surface area contributed by atoms with E-state index in [1.807, 2.05) is 11.5 Å². The van der Waals surface area contributed by atoms with Gasteiger partial charge >= 0.3 is 27.5 Å². The van der Waals surface area contributed by atoms with Crippen molar-refractivity contribution in [1.82, 2.24) is 4.57 Å². The monoisotopic (exact) mass is 616 g/mol. The van der Waals surface area contributed by atoms with Crippen molar-refractivity contribution < 1.29 is 53.0 Å². The number of oxime groups is 1. The van der Waals surface area contributed by atoms with Gasteiger partial charge in [0.25, 0.3) is 0 Å². The molecule has 4 aromatic rings. The largest absolute Gasteiger partial charge is 0.486 e. The lowest BCUT2D eigenvalue weighted by molar-refractivity contribution is -0.333. The number of hydrogen-bond donors (Lipinski definition) is 0. The molecule has 0 unspecified atom stereocenters. The molecule has 0 saturated heterocycles. The quantitative estimate of drug-likeness (QED) is 0.133. The van der Waals surface area contributed by atoms with Gasteiger partial charge < -0.3 is 9.30 Å². The summed E-state index contributed by atoms with van der Waals surface area (Å²) in [6.45, 7) is 3.56. The highest BCUT2D eigenvalue weighted by molar-refractivity contribution is 7.87. The molecule has 0 atom stereocenters. The van der Waals surface area contributed by atoms with Crippen LogP contribution < -0.4 is 4.74 Å². The minimum absolute atomic E-state index is 0.0226. The minimum Gasteiger partial charge on any atom is -0.486 e. The lowest BCUT2D eigenvalue weighted by Crippen LogP contribution is -2.56. The third-order valence-electron chi connectivity index (χ3n) is 6.90. The van der Waals surface area contributed by atoms with E-state index in [9.17, 15) is 43.9 Å². The molecule has 0 spiro atoms. The Labute approximate surface area is 233 Å². The van der Waals surface area contributed by atoms with Crippen LogP contribution in [0.25, 0.3) is 21.8 Å². The van der Waals surface area contributed by atoms with Gasteiger partial charge in [0.1, 0.15) is 18.1 Å². The molecule has 0 amide bonds. The summed E-state index contributed by atoms with van der Waals surface area (Å²) in [5.74, 6) is -7.11. The number of benzene rings is 3. The third-order valence-corrected chi connectivity index (χ3v) is 8.05. The lowest BCUT2D eigenvalue weighted by atomic mass is 9.97. The van der Waals surface area contributed by atoms with Gasteiger partial charge in [-0.1, -0.05) is 29.4 Å². The molecule has 7 nitrogen and oxygen atoms in total. The Morgan fingerprint density at radius 2 is 1.67 bits per heavy atom. The summed E-state index contributed by atoms with van der Waals surface area (Å²) in [7, 11) is -6.90. The summed E-state index contributed by atoms with van der Waals surface area (Å²) in [6.07, 6.45) is -6.89. The van der Waals surface area contributed by atoms with Crippen molar-refractivity contribution >= 4 is 43.4 Å². The van der Waals surface area contributed by atoms with Gasteiger partial charge in [-0.3, -0.25) is 9.08 Å². The van der Waals surface area contributed by atoms with Gasteiger partial charge in [0.15, 0.2) is 5.78 Å². The maximum absolute atomic E-state index is 13.8. The highest BCUT2D eigenvalue weighted by atomic mass is 32.2. The molecule has 1 aromatic heterocycles. The van der Waals surface area contributed by atoms with E-state index in [2.05, 4.69) is 9.44 Å². The summed E-state index contributed by atoms with van der Waals surface area (Å²) in [5, 5.41) is -2.71. The zero-order valence-electron chi connectivity index (χ0n) is 21.6. The van der Waals surface area contributed by atoms with E-state index >= 15 is 0 Å². The van der Waals surface area contributed by atoms with Crippen molar-refractivity contribution in [3.63, 3.8) is 0 Å². The van der Waals surface area contributed by atoms with Crippen LogP contribution in [0.2, 0.25) is 0 Å². The van der Waals surface area contributed by atoms with Gasteiger partial charge in [-0.15, -0.1) is 0 Å². The first-order chi connectivity index (χ1) is 19.5. The lowest BCUT2D eigenvalue weighted by Gasteiger charge is -2.25. The molecule has 2 heterocycles. The molecule has 15 heteroatoms. The third kappa shape index (κ3) is 4.28. The highest BCUT2D eigenvalue weighted by Crippen LogP contribution is 2.49. The maximum atomic E-state index is 13.8. The van der Waals surface area contributed by atoms with Gasteiger partial charge in [0.2, 0.25) is 0 Å². The average Bonchev–Trinajstić information content (AvgIpc) is 3.48. The highest BCUT2D eigenvalue weighted by Gasteiger charge is 2.80. The second kappa shape index (κ2) is 9.71. The molecule has 222 valence electrons. The fourth-order valence-corrected chi connectivity index (χ4v) is 5.47. The molecule has 42 heavy (non-hydrogen) atoms. The Hall–Kier alpha value is -4.14. The summed E-state index contributed by atoms with van der Waals surface area (Å²) in [6, 6.07) is 15.0. The molecule has 5 rings (SSSR count). The number of nitrogens with zero attached hydrogens (tertiary/aromatic N) is 2. The normalized spacial score (nSPS) is 15.3. The van der Waals surface area contributed by atoms with Gasteiger partial charge in [0.05, 0.1) is 10.9 Å². The number of carbonyl (C=O) groups is 1. The SMILES string of the molecule is CCn1c2ccc(C(=O)c3ccccc3C)cc2c2c3c(ccc21)/C(=N/OS(=O)(=O)C(F)(F)C(F)(F)C(F)(F)F)CO3. The van der Waals surface area contributed by atoms with Crippen LogP contribution in [0.5, 0.6) is 5.75 Å². The first-order valence-corrected chi connectivity index (χ1v) is 13.6. The topological polar surface area (TPSA) is 87.0 Å². The van der Waals surface area contributed by atoms with Crippen molar-refractivity contribution in [3.05, 3.63) is 76.9 Å². The van der Waals surface area contributed by atoms with E-state index in [0.717, 1.165) is 5.56 Å². The Morgan fingerprint density at radius 3 is 2.31 bits per heavy atom. The zero-order chi connectivity index (χ0) is 30.8. The number of fused-ring (bicyclic) bond motifs is 5. The summed E-state index contributed by atoms with van der Waals surface area (Å²) in [5.41, 5.74) is 2.48. The minimum atomic E-state index is -6.95. The fraction of sp³-hybridized carbons (Fsp3) is 0.259. The first kappa shape index (κ1) is 29.4. The fourth-order valence-electron chi connectivity index (χ4n) is 4.76. The molecule has 3 aromatic carbocycles. The number of hydrogen-bond acceptors (Lipinski definition) is 6. The Balaban J connectivity index is 1.59. The van der Waals surface area contributed by atoms with Crippen molar-refractivity contribution in [3.8, 4) is 5.75 Å². The van der Waals surface area contributed by atoms with Crippen LogP contribution in [0.4, 0.5) is 30.7 Å². The van der Waals surface area contributed by atoms with Crippen LogP contribution >= 0.6 is 0 Å². The predicted molar refractivity (Wildman–Crippen MR) is 138 cm³/mol. The molecule has 0 radical (unpaired) electrons. The molecule has 1 aliphatic rings. The molecule has 0 aliphatic carbocycles. The van der Waals surface area contributed by atoms with E-state index in [0.29, 0.717) is 39.5 Å². The molecule has 0 fully saturated rings. The predicted octanol–water partition coefficient (Wildman–Crippen LogP) is 6.59. The molecule has 0 saturated carbocycles. The Bertz CT molecular complexity index is 1900. The molecule has 0 N–H and O–H groups in total. The number of alkyl halides is 7. The first-order valence-electron chi connectivity index (χ1n) is 12.2. The van der Waals surface area contributed by atoms with Crippen LogP contribution in [-0.2, 0) is 20.9 Å². The van der Waals surface area contributed by atoms with Gasteiger partial charge in [0, 0.05) is 34.1 Å². The number of aryl methyl sites for hydroxylation is 2. The van der Waals surface area contributed by atoms with Crippen LogP contribution in [0, 0.1) is 6.92 Å². The van der Waals surface area contributed by atoms with Crippen molar-refractivity contribution in [1.29, 1.82) is 0 Å². The van der Waals surface area contributed by atoms with E-state index in [-0.39, 0.29) is 17.1 Å². The zero-order valence-corrected chi connectivity index (χ0v) is 22.4. The van der Waals surface area contributed by atoms with Crippen molar-refractivity contribution in [2.45, 2.75) is 37.7 Å². The van der Waals surface area contributed by atoms with E-state index < -0.39 is 39.8 Å². The Kier molecular flexibility index (Phi) is 6.79. The van der Waals surface area contributed by atoms with Crippen molar-refractivity contribution in [2.75, 3.05) is 6.61 Å². The summed E-state index contributed by atoms with van der Waals surface area (Å²) >= 11 is 0. The second-order valence-electron chi connectivity index (χ2n) is 9.40. The molecule has 1 aliphatic heterocycles. The van der Waals surface area contributed by atoms with E-state index in [1.165, 1.54) is 6.07 Å². The van der Waals surface area contributed by atoms with Gasteiger partial charge in [-0.25, -0.2) is 0 Å². The summed E-state index contributed by atoms with van der Waals surface area (Å²) in [4.78, 5) is 13.3. The van der Waals surface area contributed by atoms with Crippen LogP contribution in [0.15, 0.2) is 59.8 Å². The standard InChI is InChI=1S/C27H19F7N2O5S/c1-3-36-20-10-8-15(23(37)16-7-5-4-6-14(16)2)12-18(20)22-21(36)11-9-17-19(13-40-24(17)22)35-41-42(38,39)27(33,34)25(28,29)26(30,31)32/h4-12H,3,13H2,1-2H3/b35-19+. The van der Waals surface area contributed by atoms with Crippen LogP contribution in [0.1, 0.15) is 34.0 Å². The molecule has 0 bridgehead atoms. The van der Waals surface area contributed by atoms with Crippen LogP contribution in [0.3, 0.4) is 0 Å². The average molecular weight is 617 g/mol. The number of halogens is 7. The summed E-state index contributed by atoms with van der Waals surface area (Å²) < 4.78 is 126. The van der Waals surface area contributed by atoms with Crippen molar-refractivity contribution in [2.24, 2.45) is 5.16 Å². The molecular weight excluding hydrogens is 597 g/mol. The van der Waals surface area contributed by atoms with Crippen LogP contribution in [-0.4, -0.2) is 48.4 Å². The number of ketones is 1. The second-order valence-corrected chi connectivity index (χ2v) is 11.0. The van der Waals surface area contributed by atoms with Gasteiger partial charge in [-0.05, 0) is 49.7 Å². The van der Waals surface area contributed by atoms with E-state index in [4.69, 9.17) is 4.74 Å². The maximum Gasteiger partial charge on any atom is 0.461 e. The number of aromatic nitrogens is 1. The molecular formula is C27H19F7N2O5S. The smallest absolute Gasteiger partial charge is 0.461 e. The van der Waals surface area contributed by atoms with E-state index in [1.54, 1.807) is 55.5 Å². The number of carbonyl (C=O) groups excluding carboxylic acids is 1. The Morgan fingerprint density at radius 1 is 1.00 bits per heavy atom. The van der Waals surface area contributed by atoms with Gasteiger partial charge in [-0.2, -0.15) is 39.2 Å². The number of ether oxygens (including phenoxy) is 1. The number of rotatable bonds is 7.